The van der Waals surface area contributed by atoms with Gasteiger partial charge in [-0.15, -0.1) is 0 Å². The Labute approximate surface area is 108 Å². The van der Waals surface area contributed by atoms with E-state index in [4.69, 9.17) is 14.7 Å². The summed E-state index contributed by atoms with van der Waals surface area (Å²) in [5.74, 6) is 0.759. The first kappa shape index (κ1) is 12.9. The lowest BCUT2D eigenvalue weighted by atomic mass is 10.2. The first-order valence-corrected chi connectivity index (χ1v) is 6.24. The number of benzene rings is 1. The highest BCUT2D eigenvalue weighted by Crippen LogP contribution is 2.13. The minimum atomic E-state index is 0.452. The Morgan fingerprint density at radius 1 is 1.56 bits per heavy atom. The zero-order valence-corrected chi connectivity index (χ0v) is 10.6. The van der Waals surface area contributed by atoms with Crippen LogP contribution in [0.3, 0.4) is 0 Å². The number of nitrogens with zero attached hydrogens (tertiary/aromatic N) is 2. The molecule has 1 aliphatic heterocycles. The topological polar surface area (TPSA) is 45.5 Å². The molecule has 2 rings (SSSR count). The van der Waals surface area contributed by atoms with E-state index >= 15 is 0 Å². The number of hydrogen-bond acceptors (Lipinski definition) is 4. The van der Waals surface area contributed by atoms with E-state index in [1.165, 1.54) is 0 Å². The van der Waals surface area contributed by atoms with Gasteiger partial charge in [-0.25, -0.2) is 0 Å². The SMILES string of the molecule is C[C@@H]1COCCN1CCOc1cccc(C#N)c1. The van der Waals surface area contributed by atoms with Crippen molar-refractivity contribution in [2.24, 2.45) is 0 Å². The zero-order chi connectivity index (χ0) is 12.8. The van der Waals surface area contributed by atoms with Crippen molar-refractivity contribution in [1.29, 1.82) is 5.26 Å². The lowest BCUT2D eigenvalue weighted by Crippen LogP contribution is -2.45. The molecule has 1 saturated heterocycles. The van der Waals surface area contributed by atoms with Crippen LogP contribution >= 0.6 is 0 Å². The van der Waals surface area contributed by atoms with Crippen LogP contribution in [0.2, 0.25) is 0 Å². The highest BCUT2D eigenvalue weighted by atomic mass is 16.5. The lowest BCUT2D eigenvalue weighted by molar-refractivity contribution is -0.00514. The van der Waals surface area contributed by atoms with Crippen LogP contribution in [0, 0.1) is 11.3 Å². The minimum Gasteiger partial charge on any atom is -0.492 e. The van der Waals surface area contributed by atoms with E-state index in [2.05, 4.69) is 17.9 Å². The van der Waals surface area contributed by atoms with Crippen molar-refractivity contribution in [3.63, 3.8) is 0 Å². The largest absolute Gasteiger partial charge is 0.492 e. The fourth-order valence-electron chi connectivity index (χ4n) is 2.03. The molecular weight excluding hydrogens is 228 g/mol. The molecule has 0 spiro atoms. The van der Waals surface area contributed by atoms with Gasteiger partial charge in [0.15, 0.2) is 0 Å². The van der Waals surface area contributed by atoms with Crippen LogP contribution in [0.1, 0.15) is 12.5 Å². The molecule has 1 aromatic carbocycles. The maximum absolute atomic E-state index is 8.80. The van der Waals surface area contributed by atoms with E-state index in [9.17, 15) is 0 Å². The lowest BCUT2D eigenvalue weighted by Gasteiger charge is -2.32. The van der Waals surface area contributed by atoms with Crippen LogP contribution in [-0.2, 0) is 4.74 Å². The van der Waals surface area contributed by atoms with E-state index in [0.29, 0.717) is 18.2 Å². The summed E-state index contributed by atoms with van der Waals surface area (Å²) in [5.41, 5.74) is 0.632. The van der Waals surface area contributed by atoms with Crippen molar-refractivity contribution in [3.05, 3.63) is 29.8 Å². The highest BCUT2D eigenvalue weighted by molar-refractivity contribution is 5.36. The smallest absolute Gasteiger partial charge is 0.120 e. The predicted octanol–water partition coefficient (Wildman–Crippen LogP) is 1.66. The van der Waals surface area contributed by atoms with E-state index in [0.717, 1.165) is 32.1 Å². The van der Waals surface area contributed by atoms with E-state index in [-0.39, 0.29) is 0 Å². The van der Waals surface area contributed by atoms with Gasteiger partial charge in [-0.3, -0.25) is 4.90 Å². The molecular formula is C14H18N2O2. The summed E-state index contributed by atoms with van der Waals surface area (Å²) in [5, 5.41) is 8.80. The van der Waals surface area contributed by atoms with Crippen molar-refractivity contribution < 1.29 is 9.47 Å². The predicted molar refractivity (Wildman–Crippen MR) is 68.5 cm³/mol. The molecule has 0 bridgehead atoms. The van der Waals surface area contributed by atoms with Crippen molar-refractivity contribution >= 4 is 0 Å². The van der Waals surface area contributed by atoms with Gasteiger partial charge >= 0.3 is 0 Å². The molecule has 1 fully saturated rings. The molecule has 0 N–H and O–H groups in total. The Balaban J connectivity index is 1.79. The summed E-state index contributed by atoms with van der Waals surface area (Å²) >= 11 is 0. The summed E-state index contributed by atoms with van der Waals surface area (Å²) in [6.45, 7) is 6.25. The second-order valence-electron chi connectivity index (χ2n) is 4.45. The number of nitriles is 1. The molecule has 0 unspecified atom stereocenters. The van der Waals surface area contributed by atoms with Crippen LogP contribution < -0.4 is 4.74 Å². The summed E-state index contributed by atoms with van der Waals surface area (Å²) in [7, 11) is 0. The number of rotatable bonds is 4. The molecule has 1 aromatic rings. The maximum atomic E-state index is 8.80. The fraction of sp³-hybridized carbons (Fsp3) is 0.500. The van der Waals surface area contributed by atoms with Crippen molar-refractivity contribution in [3.8, 4) is 11.8 Å². The Morgan fingerprint density at radius 2 is 2.44 bits per heavy atom. The molecule has 0 saturated carbocycles. The van der Waals surface area contributed by atoms with E-state index in [1.54, 1.807) is 12.1 Å². The summed E-state index contributed by atoms with van der Waals surface area (Å²) in [6, 6.07) is 9.82. The monoisotopic (exact) mass is 246 g/mol. The maximum Gasteiger partial charge on any atom is 0.120 e. The minimum absolute atomic E-state index is 0.452. The summed E-state index contributed by atoms with van der Waals surface area (Å²) in [4.78, 5) is 2.36. The Hall–Kier alpha value is -1.57. The van der Waals surface area contributed by atoms with Crippen LogP contribution in [0.15, 0.2) is 24.3 Å². The number of morpholine rings is 1. The van der Waals surface area contributed by atoms with Crippen LogP contribution in [0.4, 0.5) is 0 Å². The molecule has 0 amide bonds. The van der Waals surface area contributed by atoms with Gasteiger partial charge in [-0.2, -0.15) is 5.26 Å². The van der Waals surface area contributed by atoms with Gasteiger partial charge in [-0.1, -0.05) is 6.07 Å². The van der Waals surface area contributed by atoms with Gasteiger partial charge in [0.05, 0.1) is 24.8 Å². The molecule has 0 aliphatic carbocycles. The average Bonchev–Trinajstić information content (AvgIpc) is 2.41. The van der Waals surface area contributed by atoms with Gasteiger partial charge in [-0.05, 0) is 25.1 Å². The average molecular weight is 246 g/mol. The second-order valence-corrected chi connectivity index (χ2v) is 4.45. The van der Waals surface area contributed by atoms with Gasteiger partial charge in [0.2, 0.25) is 0 Å². The number of hydrogen-bond donors (Lipinski definition) is 0. The summed E-state index contributed by atoms with van der Waals surface area (Å²) in [6.07, 6.45) is 0. The van der Waals surface area contributed by atoms with Gasteiger partial charge < -0.3 is 9.47 Å². The van der Waals surface area contributed by atoms with Crippen LogP contribution in [-0.4, -0.2) is 43.9 Å². The molecule has 1 aliphatic rings. The van der Waals surface area contributed by atoms with Gasteiger partial charge in [0, 0.05) is 19.1 Å². The molecule has 18 heavy (non-hydrogen) atoms. The standard InChI is InChI=1S/C14H18N2O2/c1-12-11-17-7-5-16(12)6-8-18-14-4-2-3-13(9-14)10-15/h2-4,9,12H,5-8,11H2,1H3/t12-/m1/s1. The van der Waals surface area contributed by atoms with Crippen molar-refractivity contribution in [2.45, 2.75) is 13.0 Å². The third-order valence-electron chi connectivity index (χ3n) is 3.12. The quantitative estimate of drug-likeness (QED) is 0.810. The van der Waals surface area contributed by atoms with Crippen molar-refractivity contribution in [2.75, 3.05) is 32.9 Å². The highest BCUT2D eigenvalue weighted by Gasteiger charge is 2.17. The van der Waals surface area contributed by atoms with Crippen molar-refractivity contribution in [1.82, 2.24) is 4.90 Å². The van der Waals surface area contributed by atoms with Gasteiger partial charge in [0.1, 0.15) is 12.4 Å². The first-order chi connectivity index (χ1) is 8.79. The molecule has 96 valence electrons. The van der Waals surface area contributed by atoms with E-state index < -0.39 is 0 Å². The van der Waals surface area contributed by atoms with Crippen LogP contribution in [0.5, 0.6) is 5.75 Å². The Kier molecular flexibility index (Phi) is 4.57. The first-order valence-electron chi connectivity index (χ1n) is 6.24. The fourth-order valence-corrected chi connectivity index (χ4v) is 2.03. The second kappa shape index (κ2) is 6.39. The molecule has 1 heterocycles. The third kappa shape index (κ3) is 3.46. The third-order valence-corrected chi connectivity index (χ3v) is 3.12. The molecule has 4 nitrogen and oxygen atoms in total. The molecule has 0 aromatic heterocycles. The van der Waals surface area contributed by atoms with E-state index in [1.807, 2.05) is 12.1 Å². The molecule has 0 radical (unpaired) electrons. The normalized spacial score (nSPS) is 20.3. The Bertz CT molecular complexity index is 428. The summed E-state index contributed by atoms with van der Waals surface area (Å²) < 4.78 is 11.1. The number of ether oxygens (including phenoxy) is 2. The van der Waals surface area contributed by atoms with Crippen LogP contribution in [0.25, 0.3) is 0 Å². The molecule has 1 atom stereocenters. The molecule has 4 heteroatoms. The Morgan fingerprint density at radius 3 is 3.22 bits per heavy atom. The van der Waals surface area contributed by atoms with Gasteiger partial charge in [0.25, 0.3) is 0 Å². The zero-order valence-electron chi connectivity index (χ0n) is 10.6.